The van der Waals surface area contributed by atoms with E-state index in [-0.39, 0.29) is 24.8 Å². The Balaban J connectivity index is 2.21. The van der Waals surface area contributed by atoms with Crippen LogP contribution in [0.4, 0.5) is 5.69 Å². The Morgan fingerprint density at radius 1 is 1.22 bits per heavy atom. The Kier molecular flexibility index (Phi) is 5.50. The molecule has 6 heteroatoms. The van der Waals surface area contributed by atoms with Gasteiger partial charge in [-0.2, -0.15) is 0 Å². The molecule has 0 aromatic heterocycles. The Morgan fingerprint density at radius 2 is 1.89 bits per heavy atom. The monoisotopic (exact) mass is 251 g/mol. The van der Waals surface area contributed by atoms with Crippen molar-refractivity contribution in [1.29, 1.82) is 0 Å². The molecule has 0 spiro atoms. The van der Waals surface area contributed by atoms with Gasteiger partial charge in [0.2, 0.25) is 5.91 Å². The van der Waals surface area contributed by atoms with Crippen molar-refractivity contribution in [2.24, 2.45) is 0 Å². The highest BCUT2D eigenvalue weighted by Gasteiger charge is 2.03. The first-order chi connectivity index (χ1) is 8.61. The number of nitrogens with two attached hydrogens (primary N) is 1. The molecular formula is C12H17N3O3. The lowest BCUT2D eigenvalue weighted by Crippen LogP contribution is -2.32. The van der Waals surface area contributed by atoms with Gasteiger partial charge in [-0.25, -0.2) is 0 Å². The predicted molar refractivity (Wildman–Crippen MR) is 68.0 cm³/mol. The van der Waals surface area contributed by atoms with Gasteiger partial charge in [0.25, 0.3) is 5.91 Å². The Morgan fingerprint density at radius 3 is 2.50 bits per heavy atom. The lowest BCUT2D eigenvalue weighted by molar-refractivity contribution is -0.123. The summed E-state index contributed by atoms with van der Waals surface area (Å²) in [5.41, 5.74) is 6.15. The first-order valence-corrected chi connectivity index (χ1v) is 5.57. The molecule has 0 unspecified atom stereocenters. The summed E-state index contributed by atoms with van der Waals surface area (Å²) < 4.78 is 5.24. The number of ether oxygens (including phenoxy) is 1. The van der Waals surface area contributed by atoms with Crippen molar-refractivity contribution in [2.45, 2.75) is 6.42 Å². The smallest absolute Gasteiger partial charge is 0.257 e. The zero-order valence-corrected chi connectivity index (χ0v) is 10.2. The summed E-state index contributed by atoms with van der Waals surface area (Å²) in [6, 6.07) is 6.76. The SMILES string of the molecule is CNC(=O)CCNC(=O)COc1ccc(N)cc1. The van der Waals surface area contributed by atoms with E-state index in [1.807, 2.05) is 0 Å². The van der Waals surface area contributed by atoms with Crippen LogP contribution in [0, 0.1) is 0 Å². The fourth-order valence-electron chi connectivity index (χ4n) is 1.20. The van der Waals surface area contributed by atoms with Crippen LogP contribution in [-0.2, 0) is 9.59 Å². The van der Waals surface area contributed by atoms with Crippen LogP contribution in [0.15, 0.2) is 24.3 Å². The molecule has 0 aliphatic heterocycles. The molecule has 98 valence electrons. The van der Waals surface area contributed by atoms with Gasteiger partial charge >= 0.3 is 0 Å². The molecule has 0 bridgehead atoms. The largest absolute Gasteiger partial charge is 0.484 e. The summed E-state index contributed by atoms with van der Waals surface area (Å²) in [6.07, 6.45) is 0.254. The van der Waals surface area contributed by atoms with Crippen molar-refractivity contribution in [2.75, 3.05) is 25.9 Å². The van der Waals surface area contributed by atoms with Crippen molar-refractivity contribution < 1.29 is 14.3 Å². The van der Waals surface area contributed by atoms with Crippen molar-refractivity contribution in [3.63, 3.8) is 0 Å². The molecule has 0 aliphatic rings. The molecule has 2 amide bonds. The molecule has 0 heterocycles. The first-order valence-electron chi connectivity index (χ1n) is 5.57. The number of hydrogen-bond donors (Lipinski definition) is 3. The fourth-order valence-corrected chi connectivity index (χ4v) is 1.20. The second-order valence-corrected chi connectivity index (χ2v) is 3.63. The van der Waals surface area contributed by atoms with Crippen LogP contribution >= 0.6 is 0 Å². The zero-order valence-electron chi connectivity index (χ0n) is 10.2. The molecule has 1 aromatic carbocycles. The summed E-state index contributed by atoms with van der Waals surface area (Å²) in [5.74, 6) is 0.191. The quantitative estimate of drug-likeness (QED) is 0.615. The number of benzene rings is 1. The average Bonchev–Trinajstić information content (AvgIpc) is 2.38. The minimum Gasteiger partial charge on any atom is -0.484 e. The minimum absolute atomic E-state index is 0.0857. The Labute approximate surface area is 105 Å². The van der Waals surface area contributed by atoms with Crippen LogP contribution in [-0.4, -0.2) is 32.0 Å². The van der Waals surface area contributed by atoms with Gasteiger partial charge in [0.1, 0.15) is 5.75 Å². The van der Waals surface area contributed by atoms with E-state index in [9.17, 15) is 9.59 Å². The van der Waals surface area contributed by atoms with Gasteiger partial charge in [-0.3, -0.25) is 9.59 Å². The molecule has 1 aromatic rings. The molecule has 6 nitrogen and oxygen atoms in total. The van der Waals surface area contributed by atoms with E-state index in [2.05, 4.69) is 10.6 Å². The van der Waals surface area contributed by atoms with Crippen LogP contribution in [0.5, 0.6) is 5.75 Å². The highest BCUT2D eigenvalue weighted by Crippen LogP contribution is 2.12. The van der Waals surface area contributed by atoms with Gasteiger partial charge in [0.05, 0.1) is 0 Å². The van der Waals surface area contributed by atoms with Gasteiger partial charge in [0, 0.05) is 25.7 Å². The second-order valence-electron chi connectivity index (χ2n) is 3.63. The summed E-state index contributed by atoms with van der Waals surface area (Å²) in [7, 11) is 1.55. The van der Waals surface area contributed by atoms with Gasteiger partial charge in [-0.1, -0.05) is 0 Å². The van der Waals surface area contributed by atoms with Crippen LogP contribution in [0.3, 0.4) is 0 Å². The topological polar surface area (TPSA) is 93.5 Å². The number of hydrogen-bond acceptors (Lipinski definition) is 4. The second kappa shape index (κ2) is 7.16. The Hall–Kier alpha value is -2.24. The summed E-state index contributed by atoms with van der Waals surface area (Å²) in [5, 5.41) is 5.05. The standard InChI is InChI=1S/C12H17N3O3/c1-14-11(16)6-7-15-12(17)8-18-10-4-2-9(13)3-5-10/h2-5H,6-8,13H2,1H3,(H,14,16)(H,15,17). The zero-order chi connectivity index (χ0) is 13.4. The van der Waals surface area contributed by atoms with Crippen molar-refractivity contribution in [3.05, 3.63) is 24.3 Å². The summed E-state index contributed by atoms with van der Waals surface area (Å²) >= 11 is 0. The van der Waals surface area contributed by atoms with Gasteiger partial charge < -0.3 is 21.1 Å². The number of carbonyl (C=O) groups is 2. The van der Waals surface area contributed by atoms with Crippen molar-refractivity contribution in [1.82, 2.24) is 10.6 Å². The van der Waals surface area contributed by atoms with Crippen LogP contribution in [0.2, 0.25) is 0 Å². The Bertz CT molecular complexity index is 404. The van der Waals surface area contributed by atoms with E-state index in [0.717, 1.165) is 0 Å². The van der Waals surface area contributed by atoms with E-state index >= 15 is 0 Å². The highest BCUT2D eigenvalue weighted by atomic mass is 16.5. The molecule has 0 fully saturated rings. The van der Waals surface area contributed by atoms with Crippen LogP contribution in [0.25, 0.3) is 0 Å². The lowest BCUT2D eigenvalue weighted by Gasteiger charge is -2.07. The lowest BCUT2D eigenvalue weighted by atomic mass is 10.3. The number of anilines is 1. The summed E-state index contributed by atoms with van der Waals surface area (Å²) in [4.78, 5) is 22.3. The third kappa shape index (κ3) is 5.20. The third-order valence-electron chi connectivity index (χ3n) is 2.20. The van der Waals surface area contributed by atoms with Gasteiger partial charge in [0.15, 0.2) is 6.61 Å². The fraction of sp³-hybridized carbons (Fsp3) is 0.333. The highest BCUT2D eigenvalue weighted by molar-refractivity contribution is 5.79. The molecule has 0 aliphatic carbocycles. The van der Waals surface area contributed by atoms with Crippen molar-refractivity contribution >= 4 is 17.5 Å². The molecule has 4 N–H and O–H groups in total. The molecule has 0 saturated carbocycles. The number of rotatable bonds is 6. The van der Waals surface area contributed by atoms with Crippen molar-refractivity contribution in [3.8, 4) is 5.75 Å². The average molecular weight is 251 g/mol. The van der Waals surface area contributed by atoms with Gasteiger partial charge in [-0.05, 0) is 24.3 Å². The van der Waals surface area contributed by atoms with E-state index in [0.29, 0.717) is 18.0 Å². The molecule has 0 atom stereocenters. The summed E-state index contributed by atoms with van der Waals surface area (Å²) in [6.45, 7) is 0.210. The first kappa shape index (κ1) is 13.8. The van der Waals surface area contributed by atoms with E-state index in [1.54, 1.807) is 31.3 Å². The molecule has 1 rings (SSSR count). The maximum absolute atomic E-state index is 11.4. The normalized spacial score (nSPS) is 9.61. The van der Waals surface area contributed by atoms with Gasteiger partial charge in [-0.15, -0.1) is 0 Å². The third-order valence-corrected chi connectivity index (χ3v) is 2.20. The molecule has 18 heavy (non-hydrogen) atoms. The maximum atomic E-state index is 11.4. The predicted octanol–water partition coefficient (Wildman–Crippen LogP) is -0.100. The van der Waals surface area contributed by atoms with E-state index in [1.165, 1.54) is 0 Å². The molecule has 0 radical (unpaired) electrons. The number of nitrogen functional groups attached to an aromatic ring is 1. The van der Waals surface area contributed by atoms with E-state index in [4.69, 9.17) is 10.5 Å². The number of amides is 2. The maximum Gasteiger partial charge on any atom is 0.257 e. The molecular weight excluding hydrogens is 234 g/mol. The minimum atomic E-state index is -0.268. The van der Waals surface area contributed by atoms with E-state index < -0.39 is 0 Å². The van der Waals surface area contributed by atoms with Crippen LogP contribution < -0.4 is 21.1 Å². The number of nitrogens with one attached hydrogen (secondary N) is 2. The molecule has 0 saturated heterocycles. The number of carbonyl (C=O) groups excluding carboxylic acids is 2. The van der Waals surface area contributed by atoms with Crippen LogP contribution in [0.1, 0.15) is 6.42 Å².